The zero-order valence-corrected chi connectivity index (χ0v) is 10.2. The first-order valence-corrected chi connectivity index (χ1v) is 6.39. The van der Waals surface area contributed by atoms with E-state index in [-0.39, 0.29) is 5.91 Å². The van der Waals surface area contributed by atoms with Crippen molar-refractivity contribution < 1.29 is 4.79 Å². The SMILES string of the molecule is CSc1cccnc1C(=O)Nc1ccccc1. The Bertz CT molecular complexity index is 514. The summed E-state index contributed by atoms with van der Waals surface area (Å²) in [4.78, 5) is 17.0. The lowest BCUT2D eigenvalue weighted by Gasteiger charge is -2.07. The Labute approximate surface area is 104 Å². The molecule has 0 aliphatic carbocycles. The number of thioether (sulfide) groups is 1. The van der Waals surface area contributed by atoms with Gasteiger partial charge in [0.15, 0.2) is 0 Å². The van der Waals surface area contributed by atoms with Crippen molar-refractivity contribution in [1.82, 2.24) is 4.98 Å². The lowest BCUT2D eigenvalue weighted by Crippen LogP contribution is -2.14. The van der Waals surface area contributed by atoms with Gasteiger partial charge in [-0.15, -0.1) is 11.8 Å². The normalized spacial score (nSPS) is 9.94. The minimum Gasteiger partial charge on any atom is -0.321 e. The summed E-state index contributed by atoms with van der Waals surface area (Å²) in [5.41, 5.74) is 1.24. The topological polar surface area (TPSA) is 42.0 Å². The quantitative estimate of drug-likeness (QED) is 0.844. The third-order valence-corrected chi connectivity index (χ3v) is 3.01. The van der Waals surface area contributed by atoms with Gasteiger partial charge in [0, 0.05) is 16.8 Å². The highest BCUT2D eigenvalue weighted by molar-refractivity contribution is 7.98. The van der Waals surface area contributed by atoms with Crippen molar-refractivity contribution in [2.24, 2.45) is 0 Å². The Morgan fingerprint density at radius 2 is 1.94 bits per heavy atom. The van der Waals surface area contributed by atoms with Crippen molar-refractivity contribution in [2.45, 2.75) is 4.90 Å². The summed E-state index contributed by atoms with van der Waals surface area (Å²) < 4.78 is 0. The molecule has 0 saturated heterocycles. The second-order valence-corrected chi connectivity index (χ2v) is 4.22. The Hall–Kier alpha value is -1.81. The largest absolute Gasteiger partial charge is 0.321 e. The van der Waals surface area contributed by atoms with Crippen LogP contribution in [0.15, 0.2) is 53.6 Å². The zero-order valence-electron chi connectivity index (χ0n) is 9.38. The fraction of sp³-hybridized carbons (Fsp3) is 0.0769. The summed E-state index contributed by atoms with van der Waals surface area (Å²) in [6.45, 7) is 0. The van der Waals surface area contributed by atoms with Crippen LogP contribution in [0.5, 0.6) is 0 Å². The van der Waals surface area contributed by atoms with Crippen molar-refractivity contribution in [3.8, 4) is 0 Å². The summed E-state index contributed by atoms with van der Waals surface area (Å²) in [6, 6.07) is 13.1. The van der Waals surface area contributed by atoms with Crippen LogP contribution in [0.1, 0.15) is 10.5 Å². The van der Waals surface area contributed by atoms with Gasteiger partial charge in [0.1, 0.15) is 5.69 Å². The number of carbonyl (C=O) groups is 1. The smallest absolute Gasteiger partial charge is 0.275 e. The van der Waals surface area contributed by atoms with Gasteiger partial charge in [0.25, 0.3) is 5.91 Å². The van der Waals surface area contributed by atoms with Crippen LogP contribution in [-0.2, 0) is 0 Å². The maximum absolute atomic E-state index is 12.0. The molecule has 1 heterocycles. The second-order valence-electron chi connectivity index (χ2n) is 3.37. The molecule has 0 unspecified atom stereocenters. The molecule has 0 spiro atoms. The molecule has 0 aliphatic rings. The van der Waals surface area contributed by atoms with Crippen LogP contribution in [0.2, 0.25) is 0 Å². The first-order chi connectivity index (χ1) is 8.31. The summed E-state index contributed by atoms with van der Waals surface area (Å²) in [7, 11) is 0. The van der Waals surface area contributed by atoms with Gasteiger partial charge < -0.3 is 5.32 Å². The molecule has 2 rings (SSSR count). The number of nitrogens with one attached hydrogen (secondary N) is 1. The van der Waals surface area contributed by atoms with Gasteiger partial charge in [-0.25, -0.2) is 4.98 Å². The average molecular weight is 244 g/mol. The number of amides is 1. The monoisotopic (exact) mass is 244 g/mol. The average Bonchev–Trinajstić information content (AvgIpc) is 2.40. The number of hydrogen-bond acceptors (Lipinski definition) is 3. The van der Waals surface area contributed by atoms with E-state index in [1.54, 1.807) is 6.20 Å². The van der Waals surface area contributed by atoms with Gasteiger partial charge in [-0.05, 0) is 30.5 Å². The maximum Gasteiger partial charge on any atom is 0.275 e. The predicted octanol–water partition coefficient (Wildman–Crippen LogP) is 3.06. The highest BCUT2D eigenvalue weighted by atomic mass is 32.2. The fourth-order valence-corrected chi connectivity index (χ4v) is 1.99. The van der Waals surface area contributed by atoms with Crippen LogP contribution in [0.4, 0.5) is 5.69 Å². The number of aromatic nitrogens is 1. The summed E-state index contributed by atoms with van der Waals surface area (Å²) in [5.74, 6) is -0.179. The maximum atomic E-state index is 12.0. The van der Waals surface area contributed by atoms with E-state index in [4.69, 9.17) is 0 Å². The number of para-hydroxylation sites is 1. The molecule has 1 aromatic carbocycles. The Morgan fingerprint density at radius 1 is 1.18 bits per heavy atom. The molecule has 2 aromatic rings. The number of nitrogens with zero attached hydrogens (tertiary/aromatic N) is 1. The van der Waals surface area contributed by atoms with Crippen LogP contribution in [0, 0.1) is 0 Å². The van der Waals surface area contributed by atoms with Crippen molar-refractivity contribution in [2.75, 3.05) is 11.6 Å². The van der Waals surface area contributed by atoms with Crippen LogP contribution in [0.3, 0.4) is 0 Å². The van der Waals surface area contributed by atoms with Gasteiger partial charge in [-0.1, -0.05) is 18.2 Å². The van der Waals surface area contributed by atoms with Crippen LogP contribution in [0.25, 0.3) is 0 Å². The van der Waals surface area contributed by atoms with Crippen LogP contribution < -0.4 is 5.32 Å². The Morgan fingerprint density at radius 3 is 2.65 bits per heavy atom. The molecule has 0 bridgehead atoms. The number of anilines is 1. The van der Waals surface area contributed by atoms with Gasteiger partial charge in [0.2, 0.25) is 0 Å². The summed E-state index contributed by atoms with van der Waals surface area (Å²) >= 11 is 1.51. The second kappa shape index (κ2) is 5.50. The van der Waals surface area contributed by atoms with E-state index in [1.165, 1.54) is 11.8 Å². The molecule has 86 valence electrons. The molecule has 0 fully saturated rings. The number of rotatable bonds is 3. The van der Waals surface area contributed by atoms with Crippen LogP contribution in [-0.4, -0.2) is 17.1 Å². The van der Waals surface area contributed by atoms with Crippen molar-refractivity contribution in [3.05, 3.63) is 54.4 Å². The number of carbonyl (C=O) groups excluding carboxylic acids is 1. The van der Waals surface area contributed by atoms with Crippen molar-refractivity contribution in [3.63, 3.8) is 0 Å². The highest BCUT2D eigenvalue weighted by Gasteiger charge is 2.11. The zero-order chi connectivity index (χ0) is 12.1. The minimum atomic E-state index is -0.179. The number of hydrogen-bond donors (Lipinski definition) is 1. The van der Waals surface area contributed by atoms with Gasteiger partial charge in [-0.2, -0.15) is 0 Å². The highest BCUT2D eigenvalue weighted by Crippen LogP contribution is 2.18. The molecule has 0 atom stereocenters. The molecule has 3 nitrogen and oxygen atoms in total. The Balaban J connectivity index is 2.20. The van der Waals surface area contributed by atoms with E-state index >= 15 is 0 Å². The fourth-order valence-electron chi connectivity index (χ4n) is 1.44. The molecular formula is C13H12N2OS. The molecule has 0 radical (unpaired) electrons. The lowest BCUT2D eigenvalue weighted by atomic mass is 10.3. The molecule has 1 N–H and O–H groups in total. The summed E-state index contributed by atoms with van der Waals surface area (Å²) in [6.07, 6.45) is 3.55. The van der Waals surface area contributed by atoms with E-state index in [2.05, 4.69) is 10.3 Å². The first kappa shape index (κ1) is 11.7. The molecule has 1 aromatic heterocycles. The van der Waals surface area contributed by atoms with E-state index in [0.717, 1.165) is 10.6 Å². The molecule has 4 heteroatoms. The summed E-state index contributed by atoms with van der Waals surface area (Å²) in [5, 5.41) is 2.82. The number of pyridine rings is 1. The number of benzene rings is 1. The molecule has 17 heavy (non-hydrogen) atoms. The van der Waals surface area contributed by atoms with Crippen molar-refractivity contribution >= 4 is 23.4 Å². The van der Waals surface area contributed by atoms with Gasteiger partial charge in [0.05, 0.1) is 0 Å². The standard InChI is InChI=1S/C13H12N2OS/c1-17-11-8-5-9-14-12(11)13(16)15-10-6-3-2-4-7-10/h2-9H,1H3,(H,15,16). The lowest BCUT2D eigenvalue weighted by molar-refractivity contribution is 0.101. The van der Waals surface area contributed by atoms with E-state index < -0.39 is 0 Å². The van der Waals surface area contributed by atoms with E-state index in [0.29, 0.717) is 5.69 Å². The molecule has 0 saturated carbocycles. The predicted molar refractivity (Wildman–Crippen MR) is 70.4 cm³/mol. The Kier molecular flexibility index (Phi) is 3.77. The third kappa shape index (κ3) is 2.85. The van der Waals surface area contributed by atoms with E-state index in [1.807, 2.05) is 48.7 Å². The van der Waals surface area contributed by atoms with Crippen LogP contribution >= 0.6 is 11.8 Å². The first-order valence-electron chi connectivity index (χ1n) is 5.16. The van der Waals surface area contributed by atoms with Crippen molar-refractivity contribution in [1.29, 1.82) is 0 Å². The third-order valence-electron chi connectivity index (χ3n) is 2.24. The van der Waals surface area contributed by atoms with Gasteiger partial charge in [-0.3, -0.25) is 4.79 Å². The van der Waals surface area contributed by atoms with E-state index in [9.17, 15) is 4.79 Å². The van der Waals surface area contributed by atoms with Gasteiger partial charge >= 0.3 is 0 Å². The molecular weight excluding hydrogens is 232 g/mol. The molecule has 1 amide bonds. The minimum absolute atomic E-state index is 0.179. The molecule has 0 aliphatic heterocycles.